The summed E-state index contributed by atoms with van der Waals surface area (Å²) in [4.78, 5) is 39.8. The number of carbonyl (C=O) groups is 3. The molecule has 2 N–H and O–H groups in total. The van der Waals surface area contributed by atoms with Gasteiger partial charge in [0.2, 0.25) is 5.91 Å². The van der Waals surface area contributed by atoms with Crippen LogP contribution in [-0.2, 0) is 9.53 Å². The van der Waals surface area contributed by atoms with Gasteiger partial charge in [-0.1, -0.05) is 12.1 Å². The number of nitrogens with zero attached hydrogens (tertiary/aromatic N) is 2. The van der Waals surface area contributed by atoms with Gasteiger partial charge >= 0.3 is 6.03 Å². The first kappa shape index (κ1) is 18.3. The van der Waals surface area contributed by atoms with Crippen LogP contribution in [0.1, 0.15) is 16.8 Å². The van der Waals surface area contributed by atoms with Crippen LogP contribution in [0.15, 0.2) is 24.3 Å². The van der Waals surface area contributed by atoms with Crippen LogP contribution in [-0.4, -0.2) is 69.2 Å². The lowest BCUT2D eigenvalue weighted by molar-refractivity contribution is -0.120. The lowest BCUT2D eigenvalue weighted by Crippen LogP contribution is -2.50. The minimum Gasteiger partial charge on any atom is -0.380 e. The molecule has 1 unspecified atom stereocenters. The van der Waals surface area contributed by atoms with Crippen LogP contribution < -0.4 is 15.5 Å². The summed E-state index contributed by atoms with van der Waals surface area (Å²) in [6.07, 6.45) is 0.216. The smallest absolute Gasteiger partial charge is 0.328 e. The zero-order valence-corrected chi connectivity index (χ0v) is 14.9. The van der Waals surface area contributed by atoms with Gasteiger partial charge in [0.15, 0.2) is 0 Å². The molecular weight excluding hydrogens is 336 g/mol. The van der Waals surface area contributed by atoms with Gasteiger partial charge in [-0.05, 0) is 19.2 Å². The molecule has 0 aliphatic carbocycles. The molecule has 2 saturated heterocycles. The largest absolute Gasteiger partial charge is 0.380 e. The average molecular weight is 360 g/mol. The van der Waals surface area contributed by atoms with Gasteiger partial charge < -0.3 is 15.0 Å². The molecule has 2 heterocycles. The number of imide groups is 1. The molecule has 8 nitrogen and oxygen atoms in total. The van der Waals surface area contributed by atoms with Gasteiger partial charge in [0.05, 0.1) is 24.5 Å². The summed E-state index contributed by atoms with van der Waals surface area (Å²) in [6.45, 7) is 3.82. The monoisotopic (exact) mass is 360 g/mol. The zero-order valence-electron chi connectivity index (χ0n) is 14.9. The molecule has 2 aliphatic rings. The number of carbonyl (C=O) groups excluding carboxylic acids is 3. The minimum atomic E-state index is -0.500. The number of urea groups is 1. The van der Waals surface area contributed by atoms with Crippen molar-refractivity contribution >= 4 is 23.5 Å². The predicted molar refractivity (Wildman–Crippen MR) is 96.1 cm³/mol. The number of ether oxygens (including phenoxy) is 1. The molecule has 1 aromatic carbocycles. The van der Waals surface area contributed by atoms with E-state index in [1.807, 2.05) is 7.05 Å². The highest BCUT2D eigenvalue weighted by Crippen LogP contribution is 2.22. The fourth-order valence-electron chi connectivity index (χ4n) is 3.21. The highest BCUT2D eigenvalue weighted by Gasteiger charge is 2.27. The van der Waals surface area contributed by atoms with E-state index >= 15 is 0 Å². The second kappa shape index (κ2) is 8.29. The van der Waals surface area contributed by atoms with Crippen molar-refractivity contribution in [3.8, 4) is 0 Å². The van der Waals surface area contributed by atoms with Gasteiger partial charge in [-0.3, -0.25) is 19.8 Å². The summed E-state index contributed by atoms with van der Waals surface area (Å²) in [5, 5.41) is 5.23. The third kappa shape index (κ3) is 4.39. The third-order valence-electron chi connectivity index (χ3n) is 4.59. The number of rotatable bonds is 4. The zero-order chi connectivity index (χ0) is 18.5. The van der Waals surface area contributed by atoms with Crippen LogP contribution in [0.3, 0.4) is 0 Å². The fraction of sp³-hybridized carbons (Fsp3) is 0.500. The van der Waals surface area contributed by atoms with Crippen molar-refractivity contribution in [2.45, 2.75) is 6.42 Å². The number of anilines is 1. The normalized spacial score (nSPS) is 21.9. The molecular formula is C18H24N4O4. The molecule has 4 amide bonds. The molecule has 0 bridgehead atoms. The van der Waals surface area contributed by atoms with E-state index in [1.165, 1.54) is 4.90 Å². The summed E-state index contributed by atoms with van der Waals surface area (Å²) in [7, 11) is 2.04. The number of likely N-dealkylation sites (N-methyl/N-ethyl adjacent to an activating group) is 1. The molecule has 0 saturated carbocycles. The molecule has 0 aromatic heterocycles. The summed E-state index contributed by atoms with van der Waals surface area (Å²) < 4.78 is 5.57. The highest BCUT2D eigenvalue weighted by molar-refractivity contribution is 6.09. The lowest BCUT2D eigenvalue weighted by atomic mass is 10.1. The van der Waals surface area contributed by atoms with Crippen LogP contribution in [0, 0.1) is 5.92 Å². The van der Waals surface area contributed by atoms with Crippen LogP contribution >= 0.6 is 0 Å². The summed E-state index contributed by atoms with van der Waals surface area (Å²) in [5.74, 6) is -0.322. The van der Waals surface area contributed by atoms with E-state index in [-0.39, 0.29) is 30.7 Å². The van der Waals surface area contributed by atoms with Crippen molar-refractivity contribution < 1.29 is 19.1 Å². The number of nitrogens with one attached hydrogen (secondary N) is 2. The Kier molecular flexibility index (Phi) is 5.85. The maximum atomic E-state index is 12.7. The Labute approximate surface area is 152 Å². The molecule has 3 rings (SSSR count). The summed E-state index contributed by atoms with van der Waals surface area (Å²) in [6, 6.07) is 6.43. The van der Waals surface area contributed by atoms with E-state index in [9.17, 15) is 14.4 Å². The molecule has 8 heteroatoms. The third-order valence-corrected chi connectivity index (χ3v) is 4.59. The maximum absolute atomic E-state index is 12.7. The molecule has 2 aliphatic heterocycles. The molecule has 0 radical (unpaired) electrons. The van der Waals surface area contributed by atoms with Gasteiger partial charge in [0.25, 0.3) is 5.91 Å². The number of para-hydroxylation sites is 1. The Hall–Kier alpha value is -2.45. The molecule has 26 heavy (non-hydrogen) atoms. The van der Waals surface area contributed by atoms with Crippen molar-refractivity contribution in [3.05, 3.63) is 29.8 Å². The first-order chi connectivity index (χ1) is 12.5. The number of amides is 4. The topological polar surface area (TPSA) is 91.0 Å². The fourth-order valence-corrected chi connectivity index (χ4v) is 3.21. The highest BCUT2D eigenvalue weighted by atomic mass is 16.5. The van der Waals surface area contributed by atoms with Gasteiger partial charge in [0, 0.05) is 38.5 Å². The SMILES string of the molecule is CN1CCOCC(CNC(=O)c2ccccc2N2CCC(=O)NC2=O)C1. The van der Waals surface area contributed by atoms with Gasteiger partial charge in [-0.25, -0.2) is 4.79 Å². The van der Waals surface area contributed by atoms with E-state index in [0.717, 1.165) is 13.1 Å². The minimum absolute atomic E-state index is 0.216. The maximum Gasteiger partial charge on any atom is 0.328 e. The van der Waals surface area contributed by atoms with Crippen molar-refractivity contribution in [2.75, 3.05) is 51.3 Å². The van der Waals surface area contributed by atoms with Crippen molar-refractivity contribution in [1.82, 2.24) is 15.5 Å². The van der Waals surface area contributed by atoms with E-state index in [1.54, 1.807) is 24.3 Å². The van der Waals surface area contributed by atoms with Gasteiger partial charge in [-0.15, -0.1) is 0 Å². The van der Waals surface area contributed by atoms with Crippen molar-refractivity contribution in [2.24, 2.45) is 5.92 Å². The number of hydrogen-bond donors (Lipinski definition) is 2. The quantitative estimate of drug-likeness (QED) is 0.813. The first-order valence-electron chi connectivity index (χ1n) is 8.79. The molecule has 0 spiro atoms. The van der Waals surface area contributed by atoms with Gasteiger partial charge in [-0.2, -0.15) is 0 Å². The molecule has 2 fully saturated rings. The van der Waals surface area contributed by atoms with E-state index in [4.69, 9.17) is 4.74 Å². The van der Waals surface area contributed by atoms with Crippen molar-refractivity contribution in [3.63, 3.8) is 0 Å². The average Bonchev–Trinajstić information content (AvgIpc) is 2.84. The number of benzene rings is 1. The Bertz CT molecular complexity index is 694. The van der Waals surface area contributed by atoms with E-state index in [0.29, 0.717) is 31.0 Å². The summed E-state index contributed by atoms with van der Waals surface area (Å²) >= 11 is 0. The second-order valence-corrected chi connectivity index (χ2v) is 6.69. The summed E-state index contributed by atoms with van der Waals surface area (Å²) in [5.41, 5.74) is 0.920. The second-order valence-electron chi connectivity index (χ2n) is 6.69. The molecule has 140 valence electrons. The Morgan fingerprint density at radius 1 is 1.31 bits per heavy atom. The first-order valence-corrected chi connectivity index (χ1v) is 8.79. The Balaban J connectivity index is 1.68. The van der Waals surface area contributed by atoms with Crippen LogP contribution in [0.25, 0.3) is 0 Å². The Morgan fingerprint density at radius 2 is 2.12 bits per heavy atom. The van der Waals surface area contributed by atoms with Crippen molar-refractivity contribution in [1.29, 1.82) is 0 Å². The van der Waals surface area contributed by atoms with Crippen LogP contribution in [0.5, 0.6) is 0 Å². The molecule has 1 atom stereocenters. The standard InChI is InChI=1S/C18H24N4O4/c1-21-8-9-26-12-13(11-21)10-19-17(24)14-4-2-3-5-15(14)22-7-6-16(23)20-18(22)25/h2-5,13H,6-12H2,1H3,(H,19,24)(H,20,23,25). The predicted octanol–water partition coefficient (Wildman–Crippen LogP) is 0.441. The van der Waals surface area contributed by atoms with Gasteiger partial charge in [0.1, 0.15) is 0 Å². The van der Waals surface area contributed by atoms with E-state index < -0.39 is 6.03 Å². The number of hydrogen-bond acceptors (Lipinski definition) is 5. The lowest BCUT2D eigenvalue weighted by Gasteiger charge is -2.28. The van der Waals surface area contributed by atoms with E-state index in [2.05, 4.69) is 15.5 Å². The molecule has 1 aromatic rings. The van der Waals surface area contributed by atoms with Crippen LogP contribution in [0.2, 0.25) is 0 Å². The Morgan fingerprint density at radius 3 is 2.92 bits per heavy atom. The van der Waals surface area contributed by atoms with Crippen LogP contribution in [0.4, 0.5) is 10.5 Å².